The van der Waals surface area contributed by atoms with Crippen molar-refractivity contribution in [3.8, 4) is 11.5 Å². The molecule has 0 heterocycles. The highest BCUT2D eigenvalue weighted by Crippen LogP contribution is 2.23. The van der Waals surface area contributed by atoms with E-state index in [9.17, 15) is 0 Å². The second-order valence-electron chi connectivity index (χ2n) is 4.33. The molecule has 3 nitrogen and oxygen atoms in total. The fourth-order valence-electron chi connectivity index (χ4n) is 1.76. The van der Waals surface area contributed by atoms with E-state index in [1.807, 2.05) is 48.5 Å². The van der Waals surface area contributed by atoms with E-state index >= 15 is 0 Å². The molecule has 2 rings (SSSR count). The van der Waals surface area contributed by atoms with Crippen LogP contribution in [0.15, 0.2) is 53.0 Å². The maximum absolute atomic E-state index is 5.67. The maximum Gasteiger partial charge on any atom is 0.133 e. The molecule has 106 valence electrons. The Hall–Kier alpha value is -1.52. The molecule has 0 saturated carbocycles. The first kappa shape index (κ1) is 14.9. The molecule has 0 radical (unpaired) electrons. The highest BCUT2D eigenvalue weighted by molar-refractivity contribution is 9.10. The van der Waals surface area contributed by atoms with Gasteiger partial charge in [-0.1, -0.05) is 24.3 Å². The molecule has 0 atom stereocenters. The van der Waals surface area contributed by atoms with Gasteiger partial charge in [-0.3, -0.25) is 0 Å². The smallest absolute Gasteiger partial charge is 0.133 e. The van der Waals surface area contributed by atoms with Gasteiger partial charge in [0.15, 0.2) is 0 Å². The minimum Gasteiger partial charge on any atom is -0.493 e. The molecule has 0 bridgehead atoms. The molecule has 0 unspecified atom stereocenters. The van der Waals surface area contributed by atoms with E-state index in [2.05, 4.69) is 15.9 Å². The average Bonchev–Trinajstić information content (AvgIpc) is 2.49. The molecule has 0 fully saturated rings. The Kier molecular flexibility index (Phi) is 5.89. The largest absolute Gasteiger partial charge is 0.493 e. The molecule has 0 amide bonds. The number of para-hydroxylation sites is 1. The number of rotatable bonds is 7. The fourth-order valence-corrected chi connectivity index (χ4v) is 2.15. The highest BCUT2D eigenvalue weighted by Gasteiger charge is 1.99. The van der Waals surface area contributed by atoms with E-state index < -0.39 is 0 Å². The molecule has 0 aliphatic heterocycles. The van der Waals surface area contributed by atoms with Crippen LogP contribution in [0, 0.1) is 0 Å². The van der Waals surface area contributed by atoms with Crippen molar-refractivity contribution in [1.29, 1.82) is 0 Å². The topological polar surface area (TPSA) is 44.5 Å². The molecular formula is C16H18BrNO2. The Bertz CT molecular complexity index is 546. The van der Waals surface area contributed by atoms with Gasteiger partial charge in [0, 0.05) is 13.0 Å². The van der Waals surface area contributed by atoms with Crippen LogP contribution in [0.1, 0.15) is 12.0 Å². The second-order valence-corrected chi connectivity index (χ2v) is 5.19. The predicted molar refractivity (Wildman–Crippen MR) is 84.1 cm³/mol. The van der Waals surface area contributed by atoms with Crippen molar-refractivity contribution >= 4 is 15.9 Å². The van der Waals surface area contributed by atoms with Gasteiger partial charge in [0.25, 0.3) is 0 Å². The molecule has 2 N–H and O–H groups in total. The summed E-state index contributed by atoms with van der Waals surface area (Å²) < 4.78 is 12.3. The van der Waals surface area contributed by atoms with Crippen molar-refractivity contribution in [2.45, 2.75) is 13.0 Å². The molecule has 2 aromatic rings. The van der Waals surface area contributed by atoms with Crippen molar-refractivity contribution in [1.82, 2.24) is 0 Å². The van der Waals surface area contributed by atoms with Gasteiger partial charge >= 0.3 is 0 Å². The minimum atomic E-state index is 0.530. The molecule has 0 aliphatic carbocycles. The van der Waals surface area contributed by atoms with E-state index in [1.54, 1.807) is 0 Å². The summed E-state index contributed by atoms with van der Waals surface area (Å²) in [7, 11) is 0. The first-order chi connectivity index (χ1) is 9.79. The SMILES string of the molecule is NCc1cccc(OCCCOc2ccccc2Br)c1. The number of hydrogen-bond donors (Lipinski definition) is 1. The number of nitrogens with two attached hydrogens (primary N) is 1. The zero-order valence-electron chi connectivity index (χ0n) is 11.2. The van der Waals surface area contributed by atoms with Gasteiger partial charge in [-0.15, -0.1) is 0 Å². The van der Waals surface area contributed by atoms with Gasteiger partial charge in [0.05, 0.1) is 17.7 Å². The third-order valence-corrected chi connectivity index (χ3v) is 3.44. The number of ether oxygens (including phenoxy) is 2. The molecular weight excluding hydrogens is 318 g/mol. The van der Waals surface area contributed by atoms with Gasteiger partial charge < -0.3 is 15.2 Å². The summed E-state index contributed by atoms with van der Waals surface area (Å²) in [5, 5.41) is 0. The normalized spacial score (nSPS) is 10.3. The van der Waals surface area contributed by atoms with Gasteiger partial charge in [-0.25, -0.2) is 0 Å². The van der Waals surface area contributed by atoms with Crippen LogP contribution >= 0.6 is 15.9 Å². The molecule has 0 spiro atoms. The maximum atomic E-state index is 5.67. The first-order valence-corrected chi connectivity index (χ1v) is 7.38. The number of hydrogen-bond acceptors (Lipinski definition) is 3. The van der Waals surface area contributed by atoms with Crippen LogP contribution in [0.3, 0.4) is 0 Å². The monoisotopic (exact) mass is 335 g/mol. The van der Waals surface area contributed by atoms with Crippen LogP contribution in [0.4, 0.5) is 0 Å². The second kappa shape index (κ2) is 7.92. The summed E-state index contributed by atoms with van der Waals surface area (Å²) in [6, 6.07) is 15.7. The lowest BCUT2D eigenvalue weighted by Gasteiger charge is -2.09. The number of halogens is 1. The Morgan fingerprint density at radius 1 is 0.950 bits per heavy atom. The molecule has 0 saturated heterocycles. The van der Waals surface area contributed by atoms with E-state index in [1.165, 1.54) is 0 Å². The predicted octanol–water partition coefficient (Wildman–Crippen LogP) is 3.76. The first-order valence-electron chi connectivity index (χ1n) is 6.59. The van der Waals surface area contributed by atoms with Crippen molar-refractivity contribution in [3.05, 3.63) is 58.6 Å². The van der Waals surface area contributed by atoms with E-state index in [-0.39, 0.29) is 0 Å². The molecule has 20 heavy (non-hydrogen) atoms. The third-order valence-electron chi connectivity index (χ3n) is 2.79. The summed E-state index contributed by atoms with van der Waals surface area (Å²) in [4.78, 5) is 0. The summed E-state index contributed by atoms with van der Waals surface area (Å²) in [6.45, 7) is 1.78. The van der Waals surface area contributed by atoms with Gasteiger partial charge in [0.2, 0.25) is 0 Å². The lowest BCUT2D eigenvalue weighted by Crippen LogP contribution is -2.05. The van der Waals surface area contributed by atoms with Crippen LogP contribution < -0.4 is 15.2 Å². The summed E-state index contributed by atoms with van der Waals surface area (Å²) in [5.41, 5.74) is 6.67. The van der Waals surface area contributed by atoms with Crippen LogP contribution in [-0.2, 0) is 6.54 Å². The molecule has 0 aromatic heterocycles. The molecule has 2 aromatic carbocycles. The van der Waals surface area contributed by atoms with Crippen molar-refractivity contribution < 1.29 is 9.47 Å². The quantitative estimate of drug-likeness (QED) is 0.783. The Balaban J connectivity index is 1.70. The molecule has 4 heteroatoms. The van der Waals surface area contributed by atoms with Crippen LogP contribution in [0.2, 0.25) is 0 Å². The zero-order chi connectivity index (χ0) is 14.2. The lowest BCUT2D eigenvalue weighted by atomic mass is 10.2. The van der Waals surface area contributed by atoms with Gasteiger partial charge in [0.1, 0.15) is 11.5 Å². The Morgan fingerprint density at radius 3 is 2.55 bits per heavy atom. The molecule has 0 aliphatic rings. The average molecular weight is 336 g/mol. The summed E-state index contributed by atoms with van der Waals surface area (Å²) in [5.74, 6) is 1.71. The van der Waals surface area contributed by atoms with Gasteiger partial charge in [-0.05, 0) is 45.8 Å². The van der Waals surface area contributed by atoms with Crippen LogP contribution in [-0.4, -0.2) is 13.2 Å². The Morgan fingerprint density at radius 2 is 1.75 bits per heavy atom. The lowest BCUT2D eigenvalue weighted by molar-refractivity contribution is 0.246. The van der Waals surface area contributed by atoms with Crippen molar-refractivity contribution in [2.75, 3.05) is 13.2 Å². The standard InChI is InChI=1S/C16H18BrNO2/c17-15-7-1-2-8-16(15)20-10-4-9-19-14-6-3-5-13(11-14)12-18/h1-3,5-8,11H,4,9-10,12,18H2. The highest BCUT2D eigenvalue weighted by atomic mass is 79.9. The third kappa shape index (κ3) is 4.54. The minimum absolute atomic E-state index is 0.530. The zero-order valence-corrected chi connectivity index (χ0v) is 12.8. The Labute approximate surface area is 127 Å². The van der Waals surface area contributed by atoms with E-state index in [0.29, 0.717) is 19.8 Å². The van der Waals surface area contributed by atoms with Crippen molar-refractivity contribution in [3.63, 3.8) is 0 Å². The summed E-state index contributed by atoms with van der Waals surface area (Å²) in [6.07, 6.45) is 0.828. The summed E-state index contributed by atoms with van der Waals surface area (Å²) >= 11 is 3.45. The fraction of sp³-hybridized carbons (Fsp3) is 0.250. The van der Waals surface area contributed by atoms with Crippen molar-refractivity contribution in [2.24, 2.45) is 5.73 Å². The van der Waals surface area contributed by atoms with Crippen LogP contribution in [0.25, 0.3) is 0 Å². The van der Waals surface area contributed by atoms with E-state index in [0.717, 1.165) is 28.0 Å². The van der Waals surface area contributed by atoms with Crippen LogP contribution in [0.5, 0.6) is 11.5 Å². The van der Waals surface area contributed by atoms with Gasteiger partial charge in [-0.2, -0.15) is 0 Å². The number of benzene rings is 2. The van der Waals surface area contributed by atoms with E-state index in [4.69, 9.17) is 15.2 Å².